The van der Waals surface area contributed by atoms with Crippen LogP contribution in [-0.4, -0.2) is 54.8 Å². The van der Waals surface area contributed by atoms with E-state index in [1.165, 1.54) is 31.5 Å². The van der Waals surface area contributed by atoms with Crippen molar-refractivity contribution in [2.45, 2.75) is 25.7 Å². The minimum Gasteiger partial charge on any atom is -0.493 e. The highest BCUT2D eigenvalue weighted by Crippen LogP contribution is 2.36. The molecule has 1 saturated heterocycles. The monoisotopic (exact) mass is 420 g/mol. The molecule has 0 amide bonds. The number of benzene rings is 2. The fourth-order valence-electron chi connectivity index (χ4n) is 4.59. The zero-order valence-corrected chi connectivity index (χ0v) is 17.9. The number of H-pyrrole nitrogens is 1. The number of aromatic nitrogens is 2. The lowest BCUT2D eigenvalue weighted by atomic mass is 10.0. The molecular weight excluding hydrogens is 392 g/mol. The fraction of sp³-hybridized carbons (Fsp3) is 0.417. The van der Waals surface area contributed by atoms with Gasteiger partial charge in [0, 0.05) is 35.8 Å². The van der Waals surface area contributed by atoms with Gasteiger partial charge in [-0.25, -0.2) is 4.79 Å². The molecule has 2 N–H and O–H groups in total. The number of rotatable bonds is 7. The van der Waals surface area contributed by atoms with E-state index >= 15 is 0 Å². The van der Waals surface area contributed by atoms with Crippen molar-refractivity contribution in [2.75, 3.05) is 45.2 Å². The Kier molecular flexibility index (Phi) is 5.51. The van der Waals surface area contributed by atoms with Crippen LogP contribution in [0.25, 0.3) is 22.2 Å². The largest absolute Gasteiger partial charge is 0.493 e. The van der Waals surface area contributed by atoms with Gasteiger partial charge in [-0.3, -0.25) is 0 Å². The van der Waals surface area contributed by atoms with Gasteiger partial charge in [-0.15, -0.1) is 0 Å². The number of ether oxygens (including phenoxy) is 2. The smallest absolute Gasteiger partial charge is 0.345 e. The number of nitrogens with one attached hydrogen (secondary N) is 2. The zero-order valence-electron chi connectivity index (χ0n) is 17.9. The minimum absolute atomic E-state index is 0.369. The molecular formula is C24H28N4O3. The molecule has 1 aromatic heterocycles. The Bertz CT molecular complexity index is 1150. The van der Waals surface area contributed by atoms with Crippen LogP contribution in [-0.2, 0) is 6.42 Å². The molecule has 0 bridgehead atoms. The summed E-state index contributed by atoms with van der Waals surface area (Å²) >= 11 is 0. The highest BCUT2D eigenvalue weighted by atomic mass is 16.5. The summed E-state index contributed by atoms with van der Waals surface area (Å²) in [5.74, 6) is 1.29. The van der Waals surface area contributed by atoms with Crippen molar-refractivity contribution < 1.29 is 9.47 Å². The number of aromatic amines is 1. The lowest BCUT2D eigenvalue weighted by molar-refractivity contribution is 0.254. The number of likely N-dealkylation sites (tertiary alicyclic amines) is 1. The Morgan fingerprint density at radius 2 is 2.00 bits per heavy atom. The normalized spacial score (nSPS) is 15.8. The van der Waals surface area contributed by atoms with Crippen LogP contribution in [0.3, 0.4) is 0 Å². The summed E-state index contributed by atoms with van der Waals surface area (Å²) in [6.45, 7) is 4.98. The first-order valence-corrected chi connectivity index (χ1v) is 11.1. The number of nitrogens with zero attached hydrogens (tertiary/aromatic N) is 2. The van der Waals surface area contributed by atoms with Gasteiger partial charge in [-0.1, -0.05) is 6.07 Å². The molecule has 5 rings (SSSR count). The molecule has 7 heteroatoms. The summed E-state index contributed by atoms with van der Waals surface area (Å²) in [6.07, 6.45) is 4.53. The molecule has 2 aliphatic heterocycles. The van der Waals surface area contributed by atoms with Crippen LogP contribution in [0.4, 0.5) is 5.69 Å². The van der Waals surface area contributed by atoms with E-state index in [0.29, 0.717) is 29.3 Å². The third kappa shape index (κ3) is 4.10. The SMILES string of the molecule is COc1cc2c(-c3ccc4c(c3)CCN4)nc(=O)[nH]c2cc1OCCCN1CCCC1. The number of fused-ring (bicyclic) bond motifs is 2. The van der Waals surface area contributed by atoms with Gasteiger partial charge in [0.2, 0.25) is 0 Å². The maximum Gasteiger partial charge on any atom is 0.345 e. The summed E-state index contributed by atoms with van der Waals surface area (Å²) in [5.41, 5.74) is 4.32. The van der Waals surface area contributed by atoms with Gasteiger partial charge >= 0.3 is 5.69 Å². The van der Waals surface area contributed by atoms with Crippen molar-refractivity contribution >= 4 is 16.6 Å². The Hall–Kier alpha value is -3.06. The highest BCUT2D eigenvalue weighted by molar-refractivity contribution is 5.94. The van der Waals surface area contributed by atoms with Crippen LogP contribution in [0.5, 0.6) is 11.5 Å². The average molecular weight is 421 g/mol. The Morgan fingerprint density at radius 1 is 1.13 bits per heavy atom. The van der Waals surface area contributed by atoms with E-state index in [-0.39, 0.29) is 5.69 Å². The molecule has 0 radical (unpaired) electrons. The maximum atomic E-state index is 12.3. The third-order valence-corrected chi connectivity index (χ3v) is 6.18. The first-order valence-electron chi connectivity index (χ1n) is 11.1. The van der Waals surface area contributed by atoms with Gasteiger partial charge in [0.05, 0.1) is 24.9 Å². The Labute approximate surface area is 181 Å². The number of hydrogen-bond donors (Lipinski definition) is 2. The van der Waals surface area contributed by atoms with E-state index in [4.69, 9.17) is 9.47 Å². The first-order chi connectivity index (χ1) is 15.2. The Balaban J connectivity index is 1.44. The van der Waals surface area contributed by atoms with Crippen molar-refractivity contribution in [3.05, 3.63) is 46.4 Å². The van der Waals surface area contributed by atoms with Crippen LogP contribution in [0.1, 0.15) is 24.8 Å². The Morgan fingerprint density at radius 3 is 2.84 bits per heavy atom. The van der Waals surface area contributed by atoms with Crippen molar-refractivity contribution in [3.8, 4) is 22.8 Å². The molecule has 0 unspecified atom stereocenters. The van der Waals surface area contributed by atoms with Crippen LogP contribution in [0.15, 0.2) is 35.1 Å². The second-order valence-corrected chi connectivity index (χ2v) is 8.24. The number of hydrogen-bond acceptors (Lipinski definition) is 6. The van der Waals surface area contributed by atoms with E-state index in [1.54, 1.807) is 7.11 Å². The summed E-state index contributed by atoms with van der Waals surface area (Å²) in [5, 5.41) is 4.21. The molecule has 2 aliphatic rings. The minimum atomic E-state index is -0.369. The molecule has 3 heterocycles. The van der Waals surface area contributed by atoms with Crippen molar-refractivity contribution in [1.82, 2.24) is 14.9 Å². The van der Waals surface area contributed by atoms with Gasteiger partial charge in [-0.05, 0) is 62.5 Å². The average Bonchev–Trinajstić information content (AvgIpc) is 3.47. The first kappa shape index (κ1) is 19.9. The lowest BCUT2D eigenvalue weighted by Gasteiger charge is -2.16. The van der Waals surface area contributed by atoms with Gasteiger partial charge < -0.3 is 24.7 Å². The fourth-order valence-corrected chi connectivity index (χ4v) is 4.59. The number of methoxy groups -OCH3 is 1. The number of anilines is 1. The zero-order chi connectivity index (χ0) is 21.2. The van der Waals surface area contributed by atoms with E-state index in [0.717, 1.165) is 42.6 Å². The molecule has 2 aromatic carbocycles. The van der Waals surface area contributed by atoms with Gasteiger partial charge in [-0.2, -0.15) is 4.98 Å². The van der Waals surface area contributed by atoms with E-state index in [2.05, 4.69) is 32.3 Å². The molecule has 0 aliphatic carbocycles. The maximum absolute atomic E-state index is 12.3. The molecule has 31 heavy (non-hydrogen) atoms. The van der Waals surface area contributed by atoms with Gasteiger partial charge in [0.15, 0.2) is 11.5 Å². The second kappa shape index (κ2) is 8.59. The van der Waals surface area contributed by atoms with Gasteiger partial charge in [0.1, 0.15) is 0 Å². The lowest BCUT2D eigenvalue weighted by Crippen LogP contribution is -2.22. The molecule has 3 aromatic rings. The van der Waals surface area contributed by atoms with E-state index in [9.17, 15) is 4.79 Å². The topological polar surface area (TPSA) is 79.5 Å². The van der Waals surface area contributed by atoms with Crippen LogP contribution >= 0.6 is 0 Å². The van der Waals surface area contributed by atoms with E-state index < -0.39 is 0 Å². The van der Waals surface area contributed by atoms with Crippen LogP contribution in [0, 0.1) is 0 Å². The van der Waals surface area contributed by atoms with Gasteiger partial charge in [0.25, 0.3) is 0 Å². The summed E-state index contributed by atoms with van der Waals surface area (Å²) in [4.78, 5) is 21.9. The van der Waals surface area contributed by atoms with Crippen molar-refractivity contribution in [1.29, 1.82) is 0 Å². The van der Waals surface area contributed by atoms with Crippen molar-refractivity contribution in [2.24, 2.45) is 0 Å². The summed E-state index contributed by atoms with van der Waals surface area (Å²) in [6, 6.07) is 9.95. The standard InChI is InChI=1S/C24H28N4O3/c1-30-21-14-18-20(15-22(21)31-12-4-11-28-9-2-3-10-28)26-24(29)27-23(18)17-5-6-19-16(13-17)7-8-25-19/h5-6,13-15,25H,2-4,7-12H2,1H3,(H,26,27,29). The molecule has 0 spiro atoms. The second-order valence-electron chi connectivity index (χ2n) is 8.24. The molecule has 0 atom stereocenters. The molecule has 0 saturated carbocycles. The van der Waals surface area contributed by atoms with E-state index in [1.807, 2.05) is 18.2 Å². The molecule has 162 valence electrons. The predicted octanol–water partition coefficient (Wildman–Crippen LogP) is 3.43. The third-order valence-electron chi connectivity index (χ3n) is 6.18. The van der Waals surface area contributed by atoms with Crippen molar-refractivity contribution in [3.63, 3.8) is 0 Å². The molecule has 1 fully saturated rings. The summed E-state index contributed by atoms with van der Waals surface area (Å²) in [7, 11) is 1.64. The predicted molar refractivity (Wildman–Crippen MR) is 122 cm³/mol. The highest BCUT2D eigenvalue weighted by Gasteiger charge is 2.17. The summed E-state index contributed by atoms with van der Waals surface area (Å²) < 4.78 is 11.7. The molecule has 7 nitrogen and oxygen atoms in total. The quantitative estimate of drug-likeness (QED) is 0.570. The van der Waals surface area contributed by atoms with Crippen LogP contribution < -0.4 is 20.5 Å². The van der Waals surface area contributed by atoms with Crippen LogP contribution in [0.2, 0.25) is 0 Å².